The summed E-state index contributed by atoms with van der Waals surface area (Å²) in [4.78, 5) is 17.9. The summed E-state index contributed by atoms with van der Waals surface area (Å²) < 4.78 is 6.81. The van der Waals surface area contributed by atoms with Crippen molar-refractivity contribution in [1.29, 1.82) is 0 Å². The third-order valence-corrected chi connectivity index (χ3v) is 5.90. The van der Waals surface area contributed by atoms with Gasteiger partial charge in [-0.3, -0.25) is 14.6 Å². The molecule has 1 aromatic heterocycles. The van der Waals surface area contributed by atoms with Gasteiger partial charge in [-0.15, -0.1) is 0 Å². The molecule has 1 saturated heterocycles. The molecule has 1 aliphatic rings. The number of aromatic nitrogens is 1. The SMILES string of the molecule is COCCn1c(C)cc(O)c([C@@H](c2cccc(Cl)c2)N2CCN(CCO)CC2)c1=O. The van der Waals surface area contributed by atoms with E-state index in [2.05, 4.69) is 9.80 Å². The molecule has 0 radical (unpaired) electrons. The van der Waals surface area contributed by atoms with Crippen molar-refractivity contribution in [1.82, 2.24) is 14.4 Å². The lowest BCUT2D eigenvalue weighted by atomic mass is 9.96. The molecule has 0 amide bonds. The van der Waals surface area contributed by atoms with Crippen molar-refractivity contribution in [2.75, 3.05) is 53.0 Å². The third kappa shape index (κ3) is 5.04. The number of β-amino-alcohol motifs (C(OH)–C–C–N with tert-alkyl or cyclic N) is 1. The Balaban J connectivity index is 2.06. The highest BCUT2D eigenvalue weighted by molar-refractivity contribution is 6.30. The van der Waals surface area contributed by atoms with E-state index in [0.29, 0.717) is 49.1 Å². The molecule has 7 nitrogen and oxygen atoms in total. The summed E-state index contributed by atoms with van der Waals surface area (Å²) in [5.41, 5.74) is 1.70. The molecule has 8 heteroatoms. The van der Waals surface area contributed by atoms with Crippen molar-refractivity contribution >= 4 is 11.6 Å². The zero-order valence-electron chi connectivity index (χ0n) is 17.6. The maximum Gasteiger partial charge on any atom is 0.259 e. The lowest BCUT2D eigenvalue weighted by molar-refractivity contribution is 0.0931. The van der Waals surface area contributed by atoms with E-state index in [1.54, 1.807) is 23.8 Å². The van der Waals surface area contributed by atoms with Crippen LogP contribution in [0.5, 0.6) is 5.75 Å². The minimum absolute atomic E-state index is 0.00562. The second-order valence-electron chi connectivity index (χ2n) is 7.59. The molecule has 164 valence electrons. The Hall–Kier alpha value is -1.90. The zero-order chi connectivity index (χ0) is 21.7. The van der Waals surface area contributed by atoms with Crippen LogP contribution in [0.2, 0.25) is 5.02 Å². The monoisotopic (exact) mass is 435 g/mol. The van der Waals surface area contributed by atoms with Gasteiger partial charge in [0.05, 0.1) is 24.8 Å². The van der Waals surface area contributed by atoms with Gasteiger partial charge in [0.1, 0.15) is 5.75 Å². The number of methoxy groups -OCH3 is 1. The van der Waals surface area contributed by atoms with Crippen molar-refractivity contribution in [2.24, 2.45) is 0 Å². The van der Waals surface area contributed by atoms with Crippen LogP contribution < -0.4 is 5.56 Å². The Morgan fingerprint density at radius 3 is 2.53 bits per heavy atom. The molecule has 0 spiro atoms. The number of ether oxygens (including phenoxy) is 1. The van der Waals surface area contributed by atoms with E-state index in [4.69, 9.17) is 16.3 Å². The minimum atomic E-state index is -0.415. The van der Waals surface area contributed by atoms with Gasteiger partial charge in [0.15, 0.2) is 0 Å². The van der Waals surface area contributed by atoms with Crippen LogP contribution in [0.1, 0.15) is 22.9 Å². The molecule has 2 aromatic rings. The fraction of sp³-hybridized carbons (Fsp3) is 0.500. The molecular weight excluding hydrogens is 406 g/mol. The van der Waals surface area contributed by atoms with Crippen LogP contribution in [0.25, 0.3) is 0 Å². The summed E-state index contributed by atoms with van der Waals surface area (Å²) in [5, 5.41) is 20.7. The standard InChI is InChI=1S/C22H30ClN3O4/c1-16-14-19(28)20(22(29)26(16)11-13-30-2)21(17-4-3-5-18(23)15-17)25-8-6-24(7-9-25)10-12-27/h3-5,14-15,21,27-28H,6-13H2,1-2H3/t21-/m1/s1. The maximum absolute atomic E-state index is 13.5. The molecule has 2 heterocycles. The Morgan fingerprint density at radius 1 is 1.17 bits per heavy atom. The van der Waals surface area contributed by atoms with Gasteiger partial charge in [0, 0.05) is 57.1 Å². The first-order valence-corrected chi connectivity index (χ1v) is 10.6. The van der Waals surface area contributed by atoms with Gasteiger partial charge in [0.2, 0.25) is 0 Å². The summed E-state index contributed by atoms with van der Waals surface area (Å²) in [7, 11) is 1.60. The molecule has 0 saturated carbocycles. The summed E-state index contributed by atoms with van der Waals surface area (Å²) in [6.07, 6.45) is 0. The number of benzene rings is 1. The van der Waals surface area contributed by atoms with E-state index in [0.717, 1.165) is 18.7 Å². The fourth-order valence-electron chi connectivity index (χ4n) is 4.11. The normalized spacial score (nSPS) is 16.7. The quantitative estimate of drug-likeness (QED) is 0.659. The van der Waals surface area contributed by atoms with Gasteiger partial charge in [0.25, 0.3) is 5.56 Å². The zero-order valence-corrected chi connectivity index (χ0v) is 18.3. The van der Waals surface area contributed by atoms with Crippen LogP contribution in [0.15, 0.2) is 35.1 Å². The van der Waals surface area contributed by atoms with Crippen LogP contribution in [-0.4, -0.2) is 77.6 Å². The van der Waals surface area contributed by atoms with Gasteiger partial charge in [-0.05, 0) is 30.7 Å². The highest BCUT2D eigenvalue weighted by atomic mass is 35.5. The number of nitrogens with zero attached hydrogens (tertiary/aromatic N) is 3. The van der Waals surface area contributed by atoms with Crippen molar-refractivity contribution < 1.29 is 14.9 Å². The van der Waals surface area contributed by atoms with Gasteiger partial charge in [-0.1, -0.05) is 23.7 Å². The maximum atomic E-state index is 13.5. The van der Waals surface area contributed by atoms with E-state index in [1.807, 2.05) is 25.1 Å². The molecule has 2 N–H and O–H groups in total. The van der Waals surface area contributed by atoms with Crippen LogP contribution in [0.4, 0.5) is 0 Å². The third-order valence-electron chi connectivity index (χ3n) is 5.67. The van der Waals surface area contributed by atoms with Gasteiger partial charge < -0.3 is 19.5 Å². The summed E-state index contributed by atoms with van der Waals surface area (Å²) in [6.45, 7) is 6.38. The second kappa shape index (κ2) is 10.4. The molecule has 0 bridgehead atoms. The first kappa shape index (κ1) is 22.8. The van der Waals surface area contributed by atoms with E-state index in [1.165, 1.54) is 0 Å². The number of aliphatic hydroxyl groups excluding tert-OH is 1. The number of piperazine rings is 1. The Morgan fingerprint density at radius 2 is 1.90 bits per heavy atom. The number of halogens is 1. The summed E-state index contributed by atoms with van der Waals surface area (Å²) >= 11 is 6.27. The van der Waals surface area contributed by atoms with Crippen molar-refractivity contribution in [3.8, 4) is 5.75 Å². The molecular formula is C22H30ClN3O4. The fourth-order valence-corrected chi connectivity index (χ4v) is 4.31. The van der Waals surface area contributed by atoms with Crippen molar-refractivity contribution in [2.45, 2.75) is 19.5 Å². The Labute approximate surface area is 182 Å². The molecule has 1 fully saturated rings. The lowest BCUT2D eigenvalue weighted by Gasteiger charge is -2.39. The molecule has 1 aliphatic heterocycles. The van der Waals surface area contributed by atoms with Gasteiger partial charge in [-0.2, -0.15) is 0 Å². The van der Waals surface area contributed by atoms with Crippen LogP contribution in [-0.2, 0) is 11.3 Å². The van der Waals surface area contributed by atoms with Crippen LogP contribution in [0.3, 0.4) is 0 Å². The highest BCUT2D eigenvalue weighted by Crippen LogP contribution is 2.34. The highest BCUT2D eigenvalue weighted by Gasteiger charge is 2.31. The largest absolute Gasteiger partial charge is 0.507 e. The summed E-state index contributed by atoms with van der Waals surface area (Å²) in [6, 6.07) is 8.68. The first-order chi connectivity index (χ1) is 14.5. The van der Waals surface area contributed by atoms with Gasteiger partial charge >= 0.3 is 0 Å². The molecule has 0 unspecified atom stereocenters. The van der Waals surface area contributed by atoms with Gasteiger partial charge in [-0.25, -0.2) is 0 Å². The lowest BCUT2D eigenvalue weighted by Crippen LogP contribution is -2.49. The van der Waals surface area contributed by atoms with E-state index in [9.17, 15) is 15.0 Å². The second-order valence-corrected chi connectivity index (χ2v) is 8.03. The molecule has 1 aromatic carbocycles. The Bertz CT molecular complexity index is 910. The van der Waals surface area contributed by atoms with Crippen LogP contribution in [0, 0.1) is 6.92 Å². The first-order valence-electron chi connectivity index (χ1n) is 10.2. The number of pyridine rings is 1. The number of rotatable bonds is 8. The average molecular weight is 436 g/mol. The topological polar surface area (TPSA) is 78.2 Å². The van der Waals surface area contributed by atoms with Crippen molar-refractivity contribution in [3.05, 3.63) is 62.5 Å². The average Bonchev–Trinajstić information content (AvgIpc) is 2.72. The van der Waals surface area contributed by atoms with Crippen LogP contribution >= 0.6 is 11.6 Å². The number of hydrogen-bond donors (Lipinski definition) is 2. The number of aliphatic hydroxyl groups is 1. The van der Waals surface area contributed by atoms with E-state index >= 15 is 0 Å². The smallest absolute Gasteiger partial charge is 0.259 e. The van der Waals surface area contributed by atoms with E-state index < -0.39 is 6.04 Å². The predicted octanol–water partition coefficient (Wildman–Crippen LogP) is 1.86. The minimum Gasteiger partial charge on any atom is -0.507 e. The molecule has 30 heavy (non-hydrogen) atoms. The number of aryl methyl sites for hydroxylation is 1. The molecule has 0 aliphatic carbocycles. The van der Waals surface area contributed by atoms with E-state index in [-0.39, 0.29) is 17.9 Å². The molecule has 1 atom stereocenters. The number of hydrogen-bond acceptors (Lipinski definition) is 6. The summed E-state index contributed by atoms with van der Waals surface area (Å²) in [5.74, 6) is -0.00562. The Kier molecular flexibility index (Phi) is 7.91. The number of aromatic hydroxyl groups is 1. The van der Waals surface area contributed by atoms with Crippen molar-refractivity contribution in [3.63, 3.8) is 0 Å². The molecule has 3 rings (SSSR count). The predicted molar refractivity (Wildman–Crippen MR) is 117 cm³/mol.